The number of carbonyl (C=O) groups is 1. The van der Waals surface area contributed by atoms with Crippen molar-refractivity contribution in [3.05, 3.63) is 78.4 Å². The molecule has 2 N–H and O–H groups in total. The second-order valence-corrected chi connectivity index (χ2v) is 12.6. The van der Waals surface area contributed by atoms with Gasteiger partial charge in [0.15, 0.2) is 0 Å². The van der Waals surface area contributed by atoms with Crippen molar-refractivity contribution in [2.24, 2.45) is 0 Å². The summed E-state index contributed by atoms with van der Waals surface area (Å²) in [5.41, 5.74) is 1.03. The van der Waals surface area contributed by atoms with Crippen molar-refractivity contribution in [2.75, 3.05) is 37.3 Å². The second-order valence-electron chi connectivity index (χ2n) is 9.02. The van der Waals surface area contributed by atoms with Crippen LogP contribution in [0.25, 0.3) is 6.08 Å². The van der Waals surface area contributed by atoms with Crippen molar-refractivity contribution in [3.63, 3.8) is 0 Å². The van der Waals surface area contributed by atoms with E-state index >= 15 is 0 Å². The van der Waals surface area contributed by atoms with E-state index in [0.29, 0.717) is 35.8 Å². The Morgan fingerprint density at radius 2 is 1.55 bits per heavy atom. The van der Waals surface area contributed by atoms with Gasteiger partial charge in [-0.1, -0.05) is 30.7 Å². The number of para-hydroxylation sites is 2. The molecule has 10 nitrogen and oxygen atoms in total. The standard InChI is InChI=1S/C28H31N3O7S2/c1-37-22-13-16-25(27(20-22)40(35,36)31-18-6-3-7-19-31)29-28(32)17-12-21-10-14-23(15-11-21)39(33,34)30-24-8-4-5-9-26(24)38-2/h4-5,8-17,20,30H,3,6-7,18-19H2,1-2H3,(H,29,32). The number of nitrogens with zero attached hydrogens (tertiary/aromatic N) is 1. The summed E-state index contributed by atoms with van der Waals surface area (Å²) >= 11 is 0. The maximum Gasteiger partial charge on any atom is 0.262 e. The van der Waals surface area contributed by atoms with Crippen molar-refractivity contribution in [3.8, 4) is 11.5 Å². The van der Waals surface area contributed by atoms with Gasteiger partial charge >= 0.3 is 0 Å². The third-order valence-electron chi connectivity index (χ3n) is 6.35. The molecule has 1 aliphatic heterocycles. The lowest BCUT2D eigenvalue weighted by molar-refractivity contribution is -0.111. The summed E-state index contributed by atoms with van der Waals surface area (Å²) in [5.74, 6) is 0.203. The maximum absolute atomic E-state index is 13.3. The lowest BCUT2D eigenvalue weighted by Gasteiger charge is -2.27. The summed E-state index contributed by atoms with van der Waals surface area (Å²) in [4.78, 5) is 12.7. The molecule has 0 spiro atoms. The number of methoxy groups -OCH3 is 2. The summed E-state index contributed by atoms with van der Waals surface area (Å²) in [6.45, 7) is 0.847. The Hall–Kier alpha value is -3.87. The Kier molecular flexibility index (Phi) is 9.13. The largest absolute Gasteiger partial charge is 0.497 e. The number of hydrogen-bond acceptors (Lipinski definition) is 7. The molecule has 0 atom stereocenters. The van der Waals surface area contributed by atoms with Crippen LogP contribution in [0.5, 0.6) is 11.5 Å². The van der Waals surface area contributed by atoms with Gasteiger partial charge in [0.05, 0.1) is 30.5 Å². The molecule has 0 aliphatic carbocycles. The Morgan fingerprint density at radius 3 is 2.23 bits per heavy atom. The van der Waals surface area contributed by atoms with E-state index in [-0.39, 0.29) is 15.5 Å². The SMILES string of the molecule is COc1ccc(NC(=O)C=Cc2ccc(S(=O)(=O)Nc3ccccc3OC)cc2)c(S(=O)(=O)N2CCCCC2)c1. The molecule has 4 rings (SSSR count). The number of rotatable bonds is 10. The van der Waals surface area contributed by atoms with Crippen LogP contribution >= 0.6 is 0 Å². The Balaban J connectivity index is 1.48. The first-order chi connectivity index (χ1) is 19.1. The predicted octanol–water partition coefficient (Wildman–Crippen LogP) is 4.33. The van der Waals surface area contributed by atoms with Gasteiger partial charge < -0.3 is 14.8 Å². The third-order valence-corrected chi connectivity index (χ3v) is 9.67. The molecule has 1 aliphatic rings. The Bertz CT molecular complexity index is 1600. The number of ether oxygens (including phenoxy) is 2. The topological polar surface area (TPSA) is 131 Å². The van der Waals surface area contributed by atoms with E-state index in [1.165, 1.54) is 54.9 Å². The molecule has 12 heteroatoms. The monoisotopic (exact) mass is 585 g/mol. The summed E-state index contributed by atoms with van der Waals surface area (Å²) < 4.78 is 66.7. The first-order valence-corrected chi connectivity index (χ1v) is 15.5. The normalized spacial score (nSPS) is 14.6. The molecular formula is C28H31N3O7S2. The molecule has 1 amide bonds. The van der Waals surface area contributed by atoms with Crippen molar-refractivity contribution < 1.29 is 31.1 Å². The third kappa shape index (κ3) is 6.82. The highest BCUT2D eigenvalue weighted by atomic mass is 32.2. The van der Waals surface area contributed by atoms with Gasteiger partial charge in [-0.3, -0.25) is 9.52 Å². The summed E-state index contributed by atoms with van der Waals surface area (Å²) in [6.07, 6.45) is 5.29. The number of hydrogen-bond donors (Lipinski definition) is 2. The van der Waals surface area contributed by atoms with Crippen LogP contribution in [-0.4, -0.2) is 54.4 Å². The molecule has 0 radical (unpaired) electrons. The highest BCUT2D eigenvalue weighted by Crippen LogP contribution is 2.31. The van der Waals surface area contributed by atoms with Gasteiger partial charge in [0.25, 0.3) is 10.0 Å². The molecule has 0 saturated carbocycles. The first-order valence-electron chi connectivity index (χ1n) is 12.6. The van der Waals surface area contributed by atoms with Crippen LogP contribution in [0.3, 0.4) is 0 Å². The predicted molar refractivity (Wildman–Crippen MR) is 154 cm³/mol. The van der Waals surface area contributed by atoms with Crippen LogP contribution in [0.4, 0.5) is 11.4 Å². The van der Waals surface area contributed by atoms with Gasteiger partial charge in [0, 0.05) is 25.2 Å². The molecular weight excluding hydrogens is 554 g/mol. The van der Waals surface area contributed by atoms with Gasteiger partial charge in [-0.25, -0.2) is 16.8 Å². The molecule has 1 fully saturated rings. The first kappa shape index (κ1) is 29.1. The van der Waals surface area contributed by atoms with Crippen molar-refractivity contribution >= 4 is 43.4 Å². The minimum Gasteiger partial charge on any atom is -0.497 e. The van der Waals surface area contributed by atoms with E-state index in [9.17, 15) is 21.6 Å². The number of nitrogens with one attached hydrogen (secondary N) is 2. The quantitative estimate of drug-likeness (QED) is 0.339. The van der Waals surface area contributed by atoms with Crippen molar-refractivity contribution in [2.45, 2.75) is 29.1 Å². The lowest BCUT2D eigenvalue weighted by Crippen LogP contribution is -2.36. The van der Waals surface area contributed by atoms with Gasteiger partial charge in [-0.15, -0.1) is 0 Å². The zero-order chi connectivity index (χ0) is 28.8. The van der Waals surface area contributed by atoms with E-state index in [0.717, 1.165) is 19.3 Å². The number of amides is 1. The van der Waals surface area contributed by atoms with Gasteiger partial charge in [0.1, 0.15) is 16.4 Å². The lowest BCUT2D eigenvalue weighted by atomic mass is 10.2. The Morgan fingerprint density at radius 1 is 0.850 bits per heavy atom. The molecule has 3 aromatic rings. The summed E-state index contributed by atoms with van der Waals surface area (Å²) in [6, 6.07) is 17.1. The van der Waals surface area contributed by atoms with Crippen LogP contribution in [0.1, 0.15) is 24.8 Å². The van der Waals surface area contributed by atoms with Crippen LogP contribution in [-0.2, 0) is 24.8 Å². The smallest absolute Gasteiger partial charge is 0.262 e. The van der Waals surface area contributed by atoms with E-state index in [2.05, 4.69) is 10.0 Å². The number of sulfonamides is 2. The van der Waals surface area contributed by atoms with Crippen LogP contribution in [0.15, 0.2) is 82.6 Å². The maximum atomic E-state index is 13.3. The van der Waals surface area contributed by atoms with Gasteiger partial charge in [0.2, 0.25) is 15.9 Å². The fourth-order valence-corrected chi connectivity index (χ4v) is 6.98. The van der Waals surface area contributed by atoms with Crippen molar-refractivity contribution in [1.82, 2.24) is 4.31 Å². The van der Waals surface area contributed by atoms with Crippen LogP contribution < -0.4 is 19.5 Å². The van der Waals surface area contributed by atoms with E-state index in [1.54, 1.807) is 42.5 Å². The molecule has 212 valence electrons. The molecule has 0 unspecified atom stereocenters. The number of carbonyl (C=O) groups excluding carboxylic acids is 1. The number of anilines is 2. The average Bonchev–Trinajstić information content (AvgIpc) is 2.97. The fraction of sp³-hybridized carbons (Fsp3) is 0.250. The molecule has 3 aromatic carbocycles. The second kappa shape index (κ2) is 12.5. The fourth-order valence-electron chi connectivity index (χ4n) is 4.23. The minimum absolute atomic E-state index is 0.0331. The van der Waals surface area contributed by atoms with E-state index in [4.69, 9.17) is 9.47 Å². The molecule has 40 heavy (non-hydrogen) atoms. The molecule has 1 saturated heterocycles. The molecule has 0 aromatic heterocycles. The number of benzene rings is 3. The number of piperidine rings is 1. The molecule has 0 bridgehead atoms. The highest BCUT2D eigenvalue weighted by Gasteiger charge is 2.29. The Labute approximate surface area is 234 Å². The highest BCUT2D eigenvalue weighted by molar-refractivity contribution is 7.92. The van der Waals surface area contributed by atoms with Crippen LogP contribution in [0.2, 0.25) is 0 Å². The van der Waals surface area contributed by atoms with Gasteiger partial charge in [-0.2, -0.15) is 4.31 Å². The zero-order valence-electron chi connectivity index (χ0n) is 22.2. The van der Waals surface area contributed by atoms with Crippen LogP contribution in [0, 0.1) is 0 Å². The summed E-state index contributed by atoms with van der Waals surface area (Å²) in [5, 5.41) is 2.65. The van der Waals surface area contributed by atoms with E-state index < -0.39 is 26.0 Å². The molecule has 1 heterocycles. The van der Waals surface area contributed by atoms with Gasteiger partial charge in [-0.05, 0) is 60.9 Å². The average molecular weight is 586 g/mol. The summed E-state index contributed by atoms with van der Waals surface area (Å²) in [7, 11) is -4.82. The minimum atomic E-state index is -3.87. The van der Waals surface area contributed by atoms with Crippen molar-refractivity contribution in [1.29, 1.82) is 0 Å². The van der Waals surface area contributed by atoms with E-state index in [1.807, 2.05) is 0 Å². The zero-order valence-corrected chi connectivity index (χ0v) is 23.8.